The van der Waals surface area contributed by atoms with Gasteiger partial charge in [0.2, 0.25) is 0 Å². The summed E-state index contributed by atoms with van der Waals surface area (Å²) in [6.45, 7) is 2.38. The Morgan fingerprint density at radius 2 is 2.55 bits per heavy atom. The van der Waals surface area contributed by atoms with Gasteiger partial charge in [0.25, 0.3) is 0 Å². The van der Waals surface area contributed by atoms with E-state index >= 15 is 0 Å². The lowest BCUT2D eigenvalue weighted by molar-refractivity contribution is -0.0955. The summed E-state index contributed by atoms with van der Waals surface area (Å²) in [7, 11) is 0. The van der Waals surface area contributed by atoms with E-state index in [1.54, 1.807) is 0 Å². The van der Waals surface area contributed by atoms with Crippen LogP contribution in [0.15, 0.2) is 15.9 Å². The predicted octanol–water partition coefficient (Wildman–Crippen LogP) is 2.54. The smallest absolute Gasteiger partial charge is 0.190 e. The number of aliphatic hydroxyl groups excluding tert-OH is 1. The number of aliphatic hydroxyl groups is 1. The van der Waals surface area contributed by atoms with E-state index in [2.05, 4.69) is 15.9 Å². The molecule has 0 bridgehead atoms. The standard InChI is InChI=1S/C7H9BrO2S/c1-2-10-7(9)6-3-5(8)4-11-6/h3-4,7,9H,2H2,1H3. The Balaban J connectivity index is 2.60. The normalized spacial score (nSPS) is 13.4. The quantitative estimate of drug-likeness (QED) is 0.818. The lowest BCUT2D eigenvalue weighted by atomic mass is 10.4. The van der Waals surface area contributed by atoms with Crippen LogP contribution in [0, 0.1) is 0 Å². The topological polar surface area (TPSA) is 29.5 Å². The van der Waals surface area contributed by atoms with Gasteiger partial charge >= 0.3 is 0 Å². The first-order valence-electron chi connectivity index (χ1n) is 3.27. The molecule has 11 heavy (non-hydrogen) atoms. The van der Waals surface area contributed by atoms with Gasteiger partial charge in [-0.1, -0.05) is 0 Å². The first-order valence-corrected chi connectivity index (χ1v) is 4.95. The van der Waals surface area contributed by atoms with Crippen LogP contribution in [0.2, 0.25) is 0 Å². The van der Waals surface area contributed by atoms with Crippen LogP contribution in [-0.4, -0.2) is 11.7 Å². The largest absolute Gasteiger partial charge is 0.364 e. The summed E-state index contributed by atoms with van der Waals surface area (Å²) in [5, 5.41) is 11.2. The average molecular weight is 237 g/mol. The monoisotopic (exact) mass is 236 g/mol. The highest BCUT2D eigenvalue weighted by Crippen LogP contribution is 2.25. The maximum Gasteiger partial charge on any atom is 0.190 e. The number of rotatable bonds is 3. The molecule has 0 radical (unpaired) electrons. The summed E-state index contributed by atoms with van der Waals surface area (Å²) in [5.41, 5.74) is 0. The molecule has 0 aliphatic rings. The van der Waals surface area contributed by atoms with Crippen molar-refractivity contribution in [1.82, 2.24) is 0 Å². The third-order valence-corrected chi connectivity index (χ3v) is 2.88. The van der Waals surface area contributed by atoms with Crippen LogP contribution in [0.25, 0.3) is 0 Å². The minimum Gasteiger partial charge on any atom is -0.364 e. The minimum atomic E-state index is -0.767. The second-order valence-corrected chi connectivity index (χ2v) is 3.83. The summed E-state index contributed by atoms with van der Waals surface area (Å²) < 4.78 is 5.97. The molecule has 0 aromatic carbocycles. The van der Waals surface area contributed by atoms with Crippen LogP contribution >= 0.6 is 27.3 Å². The van der Waals surface area contributed by atoms with Crippen molar-refractivity contribution in [2.75, 3.05) is 6.61 Å². The van der Waals surface area contributed by atoms with E-state index in [0.29, 0.717) is 6.61 Å². The molecule has 1 N–H and O–H groups in total. The summed E-state index contributed by atoms with van der Waals surface area (Å²) in [6, 6.07) is 1.85. The zero-order chi connectivity index (χ0) is 8.27. The Labute approximate surface area is 77.9 Å². The molecule has 0 spiro atoms. The van der Waals surface area contributed by atoms with Gasteiger partial charge in [0, 0.05) is 16.5 Å². The van der Waals surface area contributed by atoms with Crippen molar-refractivity contribution in [2.24, 2.45) is 0 Å². The summed E-state index contributed by atoms with van der Waals surface area (Å²) in [4.78, 5) is 0.832. The lowest BCUT2D eigenvalue weighted by Crippen LogP contribution is -1.99. The van der Waals surface area contributed by atoms with Crippen LogP contribution < -0.4 is 0 Å². The molecule has 0 fully saturated rings. The first kappa shape index (κ1) is 9.19. The molecule has 1 aromatic rings. The predicted molar refractivity (Wildman–Crippen MR) is 48.6 cm³/mol. The highest BCUT2D eigenvalue weighted by Gasteiger charge is 2.08. The Kier molecular flexibility index (Phi) is 3.51. The summed E-state index contributed by atoms with van der Waals surface area (Å²) in [6.07, 6.45) is -0.767. The van der Waals surface area contributed by atoms with Crippen LogP contribution in [-0.2, 0) is 4.74 Å². The van der Waals surface area contributed by atoms with E-state index in [1.807, 2.05) is 18.4 Å². The molecule has 2 nitrogen and oxygen atoms in total. The van der Waals surface area contributed by atoms with E-state index in [-0.39, 0.29) is 0 Å². The van der Waals surface area contributed by atoms with Crippen molar-refractivity contribution in [2.45, 2.75) is 13.2 Å². The fraction of sp³-hybridized carbons (Fsp3) is 0.429. The molecule has 1 rings (SSSR count). The number of halogens is 1. The molecule has 4 heteroatoms. The molecule has 0 saturated carbocycles. The first-order chi connectivity index (χ1) is 5.24. The molecule has 1 atom stereocenters. The van der Waals surface area contributed by atoms with Gasteiger partial charge < -0.3 is 9.84 Å². The molecular weight excluding hydrogens is 228 g/mol. The third kappa shape index (κ3) is 2.56. The molecule has 0 saturated heterocycles. The highest BCUT2D eigenvalue weighted by molar-refractivity contribution is 9.10. The second-order valence-electron chi connectivity index (χ2n) is 1.97. The zero-order valence-electron chi connectivity index (χ0n) is 6.08. The van der Waals surface area contributed by atoms with Crippen molar-refractivity contribution in [3.63, 3.8) is 0 Å². The van der Waals surface area contributed by atoms with Crippen molar-refractivity contribution in [3.8, 4) is 0 Å². The second kappa shape index (κ2) is 4.21. The van der Waals surface area contributed by atoms with E-state index in [0.717, 1.165) is 9.35 Å². The van der Waals surface area contributed by atoms with E-state index in [4.69, 9.17) is 4.74 Å². The maximum absolute atomic E-state index is 9.30. The van der Waals surface area contributed by atoms with Gasteiger partial charge in [0.15, 0.2) is 6.29 Å². The minimum absolute atomic E-state index is 0.524. The van der Waals surface area contributed by atoms with Gasteiger partial charge in [-0.3, -0.25) is 0 Å². The summed E-state index contributed by atoms with van der Waals surface area (Å²) >= 11 is 4.77. The molecule has 1 aromatic heterocycles. The van der Waals surface area contributed by atoms with Gasteiger partial charge in [0.05, 0.1) is 4.88 Å². The van der Waals surface area contributed by atoms with Gasteiger partial charge in [-0.05, 0) is 28.9 Å². The fourth-order valence-electron chi connectivity index (χ4n) is 0.698. The molecule has 1 unspecified atom stereocenters. The van der Waals surface area contributed by atoms with Gasteiger partial charge in [0.1, 0.15) is 0 Å². The van der Waals surface area contributed by atoms with Crippen molar-refractivity contribution < 1.29 is 9.84 Å². The number of thiophene rings is 1. The van der Waals surface area contributed by atoms with Crippen molar-refractivity contribution >= 4 is 27.3 Å². The molecule has 0 aliphatic carbocycles. The maximum atomic E-state index is 9.30. The van der Waals surface area contributed by atoms with Gasteiger partial charge in [-0.15, -0.1) is 11.3 Å². The molecule has 0 aliphatic heterocycles. The Bertz CT molecular complexity index is 224. The van der Waals surface area contributed by atoms with Crippen molar-refractivity contribution in [3.05, 3.63) is 20.8 Å². The van der Waals surface area contributed by atoms with E-state index in [9.17, 15) is 5.11 Å². The van der Waals surface area contributed by atoms with Gasteiger partial charge in [-0.25, -0.2) is 0 Å². The molecular formula is C7H9BrO2S. The third-order valence-electron chi connectivity index (χ3n) is 1.16. The van der Waals surface area contributed by atoms with Crippen LogP contribution in [0.1, 0.15) is 18.1 Å². The Morgan fingerprint density at radius 1 is 1.82 bits per heavy atom. The van der Waals surface area contributed by atoms with E-state index < -0.39 is 6.29 Å². The Morgan fingerprint density at radius 3 is 3.00 bits per heavy atom. The molecule has 0 amide bonds. The highest BCUT2D eigenvalue weighted by atomic mass is 79.9. The average Bonchev–Trinajstić information content (AvgIpc) is 2.36. The Hall–Kier alpha value is 0.1000. The molecule has 1 heterocycles. The van der Waals surface area contributed by atoms with Crippen LogP contribution in [0.4, 0.5) is 0 Å². The fourth-order valence-corrected chi connectivity index (χ4v) is 2.07. The molecule has 62 valence electrons. The van der Waals surface area contributed by atoms with Gasteiger partial charge in [-0.2, -0.15) is 0 Å². The lowest BCUT2D eigenvalue weighted by Gasteiger charge is -2.06. The number of hydrogen-bond acceptors (Lipinski definition) is 3. The number of hydrogen-bond donors (Lipinski definition) is 1. The van der Waals surface area contributed by atoms with Crippen molar-refractivity contribution in [1.29, 1.82) is 0 Å². The van der Waals surface area contributed by atoms with E-state index in [1.165, 1.54) is 11.3 Å². The van der Waals surface area contributed by atoms with Crippen LogP contribution in [0.5, 0.6) is 0 Å². The SMILES string of the molecule is CCOC(O)c1cc(Br)cs1. The zero-order valence-corrected chi connectivity index (χ0v) is 8.48. The summed E-state index contributed by atoms with van der Waals surface area (Å²) in [5.74, 6) is 0. The van der Waals surface area contributed by atoms with Crippen LogP contribution in [0.3, 0.4) is 0 Å². The number of ether oxygens (including phenoxy) is 1.